The van der Waals surface area contributed by atoms with E-state index in [1.165, 1.54) is 17.7 Å². The molecule has 0 bridgehead atoms. The maximum Gasteiger partial charge on any atom is 0.222 e. The molecule has 1 aromatic rings. The van der Waals surface area contributed by atoms with Crippen molar-refractivity contribution in [2.75, 3.05) is 44.2 Å². The van der Waals surface area contributed by atoms with Crippen LogP contribution in [0.3, 0.4) is 0 Å². The third-order valence-corrected chi connectivity index (χ3v) is 5.97. The first-order chi connectivity index (χ1) is 12.5. The van der Waals surface area contributed by atoms with Crippen LogP contribution in [-0.4, -0.2) is 61.0 Å². The molecule has 2 fully saturated rings. The Labute approximate surface area is 159 Å². The number of hydrogen-bond donors (Lipinski definition) is 0. The highest BCUT2D eigenvalue weighted by atomic mass is 16.2. The predicted octanol–water partition coefficient (Wildman–Crippen LogP) is 3.54. The van der Waals surface area contributed by atoms with Gasteiger partial charge in [0.1, 0.15) is 0 Å². The van der Waals surface area contributed by atoms with E-state index in [0.29, 0.717) is 24.3 Å². The lowest BCUT2D eigenvalue weighted by atomic mass is 10.0. The van der Waals surface area contributed by atoms with E-state index in [-0.39, 0.29) is 0 Å². The first-order valence-electron chi connectivity index (χ1n) is 10.4. The summed E-state index contributed by atoms with van der Waals surface area (Å²) in [5.41, 5.74) is 2.74. The van der Waals surface area contributed by atoms with Crippen molar-refractivity contribution >= 4 is 11.6 Å². The van der Waals surface area contributed by atoms with Crippen LogP contribution in [0.1, 0.15) is 45.1 Å². The summed E-state index contributed by atoms with van der Waals surface area (Å²) in [7, 11) is 0. The molecule has 2 heterocycles. The van der Waals surface area contributed by atoms with Crippen molar-refractivity contribution in [3.63, 3.8) is 0 Å². The Morgan fingerprint density at radius 2 is 1.85 bits per heavy atom. The maximum absolute atomic E-state index is 12.5. The van der Waals surface area contributed by atoms with Crippen LogP contribution < -0.4 is 4.90 Å². The molecule has 2 saturated heterocycles. The third-order valence-electron chi connectivity index (χ3n) is 5.97. The second-order valence-electron chi connectivity index (χ2n) is 8.38. The average Bonchev–Trinajstić information content (AvgIpc) is 2.67. The Balaban J connectivity index is 1.51. The molecule has 3 rings (SSSR count). The van der Waals surface area contributed by atoms with Gasteiger partial charge in [-0.1, -0.05) is 32.0 Å². The summed E-state index contributed by atoms with van der Waals surface area (Å²) in [6.07, 6.45) is 4.11. The van der Waals surface area contributed by atoms with Crippen LogP contribution in [0.15, 0.2) is 24.3 Å². The quantitative estimate of drug-likeness (QED) is 0.806. The molecule has 0 spiro atoms. The molecule has 4 heteroatoms. The largest absolute Gasteiger partial charge is 0.369 e. The normalized spacial score (nSPS) is 22.1. The van der Waals surface area contributed by atoms with E-state index in [9.17, 15) is 4.79 Å². The standard InChI is InChI=1S/C22H35N3O/c1-18(2)10-11-22(26)25-12-6-8-20(17-25)23-13-15-24(16-14-23)21-9-5-4-7-19(21)3/h4-5,7,9,18,20H,6,8,10-17H2,1-3H3/t20-/m0/s1. The second kappa shape index (κ2) is 8.90. The van der Waals surface area contributed by atoms with Crippen molar-refractivity contribution in [1.82, 2.24) is 9.80 Å². The molecule has 1 aromatic carbocycles. The van der Waals surface area contributed by atoms with E-state index in [1.54, 1.807) is 0 Å². The molecule has 0 saturated carbocycles. The summed E-state index contributed by atoms with van der Waals surface area (Å²) in [5, 5.41) is 0. The average molecular weight is 358 g/mol. The van der Waals surface area contributed by atoms with Crippen LogP contribution in [0.25, 0.3) is 0 Å². The highest BCUT2D eigenvalue weighted by Gasteiger charge is 2.30. The molecule has 0 radical (unpaired) electrons. The Bertz CT molecular complexity index is 593. The SMILES string of the molecule is Cc1ccccc1N1CCN([C@H]2CCCN(C(=O)CCC(C)C)C2)CC1. The number of carbonyl (C=O) groups excluding carboxylic acids is 1. The summed E-state index contributed by atoms with van der Waals surface area (Å²) < 4.78 is 0. The van der Waals surface area contributed by atoms with E-state index in [4.69, 9.17) is 0 Å². The lowest BCUT2D eigenvalue weighted by Gasteiger charge is -2.44. The van der Waals surface area contributed by atoms with Crippen molar-refractivity contribution in [3.8, 4) is 0 Å². The summed E-state index contributed by atoms with van der Waals surface area (Å²) in [4.78, 5) is 19.8. The first-order valence-corrected chi connectivity index (χ1v) is 10.4. The fourth-order valence-electron chi connectivity index (χ4n) is 4.30. The Kier molecular flexibility index (Phi) is 6.58. The summed E-state index contributed by atoms with van der Waals surface area (Å²) in [5.74, 6) is 0.969. The monoisotopic (exact) mass is 357 g/mol. The third kappa shape index (κ3) is 4.79. The van der Waals surface area contributed by atoms with Crippen LogP contribution in [0.2, 0.25) is 0 Å². The van der Waals surface area contributed by atoms with Crippen molar-refractivity contribution in [2.24, 2.45) is 5.92 Å². The van der Waals surface area contributed by atoms with Gasteiger partial charge in [0.25, 0.3) is 0 Å². The Hall–Kier alpha value is -1.55. The minimum Gasteiger partial charge on any atom is -0.369 e. The highest BCUT2D eigenvalue weighted by molar-refractivity contribution is 5.76. The van der Waals surface area contributed by atoms with Gasteiger partial charge in [-0.3, -0.25) is 9.69 Å². The van der Waals surface area contributed by atoms with E-state index < -0.39 is 0 Å². The number of likely N-dealkylation sites (tertiary alicyclic amines) is 1. The minimum atomic E-state index is 0.363. The number of para-hydroxylation sites is 1. The molecule has 0 aliphatic carbocycles. The van der Waals surface area contributed by atoms with Gasteiger partial charge in [0.05, 0.1) is 0 Å². The number of hydrogen-bond acceptors (Lipinski definition) is 3. The number of piperazine rings is 1. The predicted molar refractivity (Wildman–Crippen MR) is 109 cm³/mol. The summed E-state index contributed by atoms with van der Waals surface area (Å²) >= 11 is 0. The van der Waals surface area contributed by atoms with E-state index >= 15 is 0 Å². The number of amides is 1. The number of nitrogens with zero attached hydrogens (tertiary/aromatic N) is 3. The Morgan fingerprint density at radius 1 is 1.12 bits per heavy atom. The van der Waals surface area contributed by atoms with Crippen LogP contribution in [-0.2, 0) is 4.79 Å². The van der Waals surface area contributed by atoms with Crippen LogP contribution in [0.4, 0.5) is 5.69 Å². The van der Waals surface area contributed by atoms with Gasteiger partial charge in [-0.25, -0.2) is 0 Å². The lowest BCUT2D eigenvalue weighted by Crippen LogP contribution is -2.56. The van der Waals surface area contributed by atoms with E-state index in [1.807, 2.05) is 0 Å². The highest BCUT2D eigenvalue weighted by Crippen LogP contribution is 2.24. The van der Waals surface area contributed by atoms with Crippen molar-refractivity contribution < 1.29 is 4.79 Å². The molecule has 2 aliphatic heterocycles. The van der Waals surface area contributed by atoms with Gasteiger partial charge < -0.3 is 9.80 Å². The van der Waals surface area contributed by atoms with Gasteiger partial charge in [-0.05, 0) is 43.7 Å². The number of benzene rings is 1. The molecular weight excluding hydrogens is 322 g/mol. The topological polar surface area (TPSA) is 26.8 Å². The van der Waals surface area contributed by atoms with Gasteiger partial charge in [0.2, 0.25) is 5.91 Å². The number of anilines is 1. The van der Waals surface area contributed by atoms with Gasteiger partial charge in [-0.15, -0.1) is 0 Å². The van der Waals surface area contributed by atoms with Crippen molar-refractivity contribution in [2.45, 2.75) is 52.5 Å². The molecule has 0 unspecified atom stereocenters. The van der Waals surface area contributed by atoms with Crippen LogP contribution >= 0.6 is 0 Å². The number of rotatable bonds is 5. The zero-order chi connectivity index (χ0) is 18.5. The smallest absolute Gasteiger partial charge is 0.222 e. The van der Waals surface area contributed by atoms with E-state index in [2.05, 4.69) is 59.7 Å². The number of piperidine rings is 1. The second-order valence-corrected chi connectivity index (χ2v) is 8.38. The fourth-order valence-corrected chi connectivity index (χ4v) is 4.30. The van der Waals surface area contributed by atoms with E-state index in [0.717, 1.165) is 52.1 Å². The molecule has 1 amide bonds. The van der Waals surface area contributed by atoms with Gasteiger partial charge in [-0.2, -0.15) is 0 Å². The van der Waals surface area contributed by atoms with Crippen molar-refractivity contribution in [3.05, 3.63) is 29.8 Å². The molecule has 144 valence electrons. The molecule has 4 nitrogen and oxygen atoms in total. The fraction of sp³-hybridized carbons (Fsp3) is 0.682. The van der Waals surface area contributed by atoms with Gasteiger partial charge >= 0.3 is 0 Å². The van der Waals surface area contributed by atoms with Crippen LogP contribution in [0, 0.1) is 12.8 Å². The lowest BCUT2D eigenvalue weighted by molar-refractivity contribution is -0.133. The van der Waals surface area contributed by atoms with Crippen LogP contribution in [0.5, 0.6) is 0 Å². The molecule has 0 aromatic heterocycles. The zero-order valence-electron chi connectivity index (χ0n) is 16.8. The minimum absolute atomic E-state index is 0.363. The van der Waals surface area contributed by atoms with Crippen molar-refractivity contribution in [1.29, 1.82) is 0 Å². The molecule has 2 aliphatic rings. The summed E-state index contributed by atoms with van der Waals surface area (Å²) in [6.45, 7) is 12.9. The molecule has 26 heavy (non-hydrogen) atoms. The summed E-state index contributed by atoms with van der Waals surface area (Å²) in [6, 6.07) is 9.23. The van der Waals surface area contributed by atoms with Gasteiger partial charge in [0.15, 0.2) is 0 Å². The molecular formula is C22H35N3O. The number of aryl methyl sites for hydroxylation is 1. The molecule has 1 atom stereocenters. The zero-order valence-corrected chi connectivity index (χ0v) is 16.8. The first kappa shape index (κ1) is 19.2. The Morgan fingerprint density at radius 3 is 2.54 bits per heavy atom. The van der Waals surface area contributed by atoms with Gasteiger partial charge in [0, 0.05) is 57.4 Å². The number of carbonyl (C=O) groups is 1. The molecule has 0 N–H and O–H groups in total. The maximum atomic E-state index is 12.5.